The molecule has 2 aromatic heterocycles. The second-order valence-electron chi connectivity index (χ2n) is 10.9. The minimum absolute atomic E-state index is 0.0583. The molecule has 0 spiro atoms. The second kappa shape index (κ2) is 13.0. The van der Waals surface area contributed by atoms with Crippen molar-refractivity contribution >= 4 is 18.0 Å². The number of halogens is 2. The number of nitrogens with zero attached hydrogens (tertiary/aromatic N) is 2. The van der Waals surface area contributed by atoms with E-state index in [0.717, 1.165) is 12.8 Å². The van der Waals surface area contributed by atoms with E-state index in [1.807, 2.05) is 0 Å². The number of ether oxygens (including phenoxy) is 3. The van der Waals surface area contributed by atoms with Crippen LogP contribution in [-0.4, -0.2) is 51.9 Å². The van der Waals surface area contributed by atoms with E-state index >= 15 is 0 Å². The first-order chi connectivity index (χ1) is 20.3. The molecule has 0 unspecified atom stereocenters. The number of carboxylic acids is 1. The average molecular weight is 603 g/mol. The first-order valence-electron chi connectivity index (χ1n) is 13.5. The van der Waals surface area contributed by atoms with Crippen molar-refractivity contribution < 1.29 is 46.9 Å². The Hall–Kier alpha value is -4.75. The lowest BCUT2D eigenvalue weighted by Gasteiger charge is -2.21. The van der Waals surface area contributed by atoms with E-state index in [1.165, 1.54) is 36.4 Å². The predicted octanol–water partition coefficient (Wildman–Crippen LogP) is 5.34. The van der Waals surface area contributed by atoms with Gasteiger partial charge in [-0.05, 0) is 76.8 Å². The first-order valence-corrected chi connectivity index (χ1v) is 13.5. The minimum Gasteiger partial charge on any atom is -0.489 e. The number of carbonyl (C=O) groups is 3. The Balaban J connectivity index is 1.62. The van der Waals surface area contributed by atoms with Gasteiger partial charge in [0.2, 0.25) is 5.89 Å². The van der Waals surface area contributed by atoms with Crippen LogP contribution in [0.1, 0.15) is 79.0 Å². The van der Waals surface area contributed by atoms with E-state index in [2.05, 4.69) is 25.3 Å². The van der Waals surface area contributed by atoms with Gasteiger partial charge in [-0.25, -0.2) is 19.6 Å². The Morgan fingerprint density at radius 1 is 1.09 bits per heavy atom. The number of aromatic carboxylic acids is 1. The van der Waals surface area contributed by atoms with E-state index < -0.39 is 36.2 Å². The number of benzene rings is 1. The van der Waals surface area contributed by atoms with E-state index in [0.29, 0.717) is 18.1 Å². The number of oxazole rings is 1. The first kappa shape index (κ1) is 31.2. The molecule has 3 N–H and O–H groups in total. The Kier molecular flexibility index (Phi) is 9.46. The maximum absolute atomic E-state index is 13.0. The predicted molar refractivity (Wildman–Crippen MR) is 147 cm³/mol. The van der Waals surface area contributed by atoms with Crippen molar-refractivity contribution in [3.05, 3.63) is 59.2 Å². The Morgan fingerprint density at radius 2 is 1.81 bits per heavy atom. The summed E-state index contributed by atoms with van der Waals surface area (Å²) in [4.78, 5) is 44.8. The fourth-order valence-corrected chi connectivity index (χ4v) is 3.88. The molecular weight excluding hydrogens is 570 g/mol. The standard InChI is InChI=1S/C29H32F2N4O8/c1-15(33-28(39)43-29(2,3)4)23-20(13-32-24(36)18-6-5-7-19(34-18)26(37)38)35-25(42-23)17-10-11-21(41-27(30)31)22(12-17)40-14-16-8-9-16/h5-7,10-12,15-16,27H,8-9,13-14H2,1-4H3,(H,32,36)(H,33,39)(H,37,38)/t15-/m0/s1. The van der Waals surface area contributed by atoms with Crippen molar-refractivity contribution in [3.63, 3.8) is 0 Å². The number of carbonyl (C=O) groups excluding carboxylic acids is 2. The molecule has 1 aliphatic rings. The Morgan fingerprint density at radius 3 is 2.47 bits per heavy atom. The van der Waals surface area contributed by atoms with Crippen LogP contribution in [0.3, 0.4) is 0 Å². The van der Waals surface area contributed by atoms with Gasteiger partial charge < -0.3 is 34.4 Å². The Labute approximate surface area is 245 Å². The third kappa shape index (κ3) is 8.87. The fourth-order valence-electron chi connectivity index (χ4n) is 3.88. The molecule has 230 valence electrons. The van der Waals surface area contributed by atoms with Crippen molar-refractivity contribution in [2.75, 3.05) is 6.61 Å². The van der Waals surface area contributed by atoms with Crippen LogP contribution < -0.4 is 20.1 Å². The topological polar surface area (TPSA) is 162 Å². The maximum atomic E-state index is 13.0. The van der Waals surface area contributed by atoms with Gasteiger partial charge in [-0.3, -0.25) is 4.79 Å². The minimum atomic E-state index is -3.05. The zero-order valence-electron chi connectivity index (χ0n) is 24.0. The lowest BCUT2D eigenvalue weighted by molar-refractivity contribution is -0.0515. The van der Waals surface area contributed by atoms with Crippen LogP contribution in [0.5, 0.6) is 11.5 Å². The summed E-state index contributed by atoms with van der Waals surface area (Å²) in [5, 5.41) is 14.5. The second-order valence-corrected chi connectivity index (χ2v) is 10.9. The normalized spacial score (nSPS) is 13.7. The Bertz CT molecular complexity index is 1480. The SMILES string of the molecule is C[C@H](NC(=O)OC(C)(C)C)c1oc(-c2ccc(OC(F)F)c(OCC3CC3)c2)nc1CNC(=O)c1cccc(C(=O)O)n1. The maximum Gasteiger partial charge on any atom is 0.408 e. The number of carboxylic acid groups (broad SMARTS) is 1. The molecule has 0 aliphatic heterocycles. The van der Waals surface area contributed by atoms with Gasteiger partial charge in [0.25, 0.3) is 5.91 Å². The molecule has 0 saturated heterocycles. The zero-order valence-corrected chi connectivity index (χ0v) is 24.0. The molecule has 0 bridgehead atoms. The van der Waals surface area contributed by atoms with E-state index in [1.54, 1.807) is 27.7 Å². The quantitative estimate of drug-likeness (QED) is 0.247. The monoisotopic (exact) mass is 602 g/mol. The third-order valence-corrected chi connectivity index (χ3v) is 6.05. The van der Waals surface area contributed by atoms with E-state index in [9.17, 15) is 28.3 Å². The highest BCUT2D eigenvalue weighted by molar-refractivity contribution is 5.94. The van der Waals surface area contributed by atoms with Gasteiger partial charge in [-0.15, -0.1) is 0 Å². The van der Waals surface area contributed by atoms with Crippen LogP contribution >= 0.6 is 0 Å². The van der Waals surface area contributed by atoms with Crippen LogP contribution in [-0.2, 0) is 11.3 Å². The lowest BCUT2D eigenvalue weighted by atomic mass is 10.2. The van der Waals surface area contributed by atoms with Gasteiger partial charge in [0.15, 0.2) is 17.3 Å². The summed E-state index contributed by atoms with van der Waals surface area (Å²) in [5.74, 6) is -1.43. The summed E-state index contributed by atoms with van der Waals surface area (Å²) in [6.45, 7) is 3.86. The number of alkyl carbamates (subject to hydrolysis) is 1. The largest absolute Gasteiger partial charge is 0.489 e. The molecule has 4 rings (SSSR count). The summed E-state index contributed by atoms with van der Waals surface area (Å²) in [6.07, 6.45) is 1.26. The molecule has 1 saturated carbocycles. The number of pyridine rings is 1. The lowest BCUT2D eigenvalue weighted by Crippen LogP contribution is -2.34. The van der Waals surface area contributed by atoms with Gasteiger partial charge in [0.05, 0.1) is 19.2 Å². The van der Waals surface area contributed by atoms with Crippen LogP contribution in [0.4, 0.5) is 13.6 Å². The van der Waals surface area contributed by atoms with Crippen molar-refractivity contribution in [1.29, 1.82) is 0 Å². The highest BCUT2D eigenvalue weighted by atomic mass is 19.3. The van der Waals surface area contributed by atoms with Gasteiger partial charge in [0.1, 0.15) is 22.7 Å². The number of nitrogens with one attached hydrogen (secondary N) is 2. The van der Waals surface area contributed by atoms with Crippen LogP contribution in [0.15, 0.2) is 40.8 Å². The molecule has 12 nitrogen and oxygen atoms in total. The fraction of sp³-hybridized carbons (Fsp3) is 0.414. The molecule has 2 heterocycles. The molecule has 1 atom stereocenters. The third-order valence-electron chi connectivity index (χ3n) is 6.05. The number of amides is 2. The number of rotatable bonds is 12. The highest BCUT2D eigenvalue weighted by Crippen LogP contribution is 2.37. The van der Waals surface area contributed by atoms with Crippen molar-refractivity contribution in [2.45, 2.75) is 65.3 Å². The number of hydrogen-bond acceptors (Lipinski definition) is 9. The van der Waals surface area contributed by atoms with E-state index in [-0.39, 0.29) is 46.8 Å². The van der Waals surface area contributed by atoms with Crippen molar-refractivity contribution in [1.82, 2.24) is 20.6 Å². The summed E-state index contributed by atoms with van der Waals surface area (Å²) in [6, 6.07) is 7.48. The van der Waals surface area contributed by atoms with Crippen molar-refractivity contribution in [3.8, 4) is 23.0 Å². The number of hydrogen-bond donors (Lipinski definition) is 3. The number of alkyl halides is 2. The summed E-state index contributed by atoms with van der Waals surface area (Å²) in [5.41, 5.74) is -0.589. The molecule has 0 radical (unpaired) electrons. The smallest absolute Gasteiger partial charge is 0.408 e. The molecule has 43 heavy (non-hydrogen) atoms. The molecule has 2 amide bonds. The molecule has 14 heteroatoms. The highest BCUT2D eigenvalue weighted by Gasteiger charge is 2.27. The van der Waals surface area contributed by atoms with Crippen LogP contribution in [0.2, 0.25) is 0 Å². The zero-order chi connectivity index (χ0) is 31.3. The summed E-state index contributed by atoms with van der Waals surface area (Å²) < 4.78 is 47.7. The molecule has 1 fully saturated rings. The number of aromatic nitrogens is 2. The molecule has 1 aliphatic carbocycles. The van der Waals surface area contributed by atoms with Crippen LogP contribution in [0, 0.1) is 5.92 Å². The van der Waals surface area contributed by atoms with Gasteiger partial charge >= 0.3 is 18.7 Å². The van der Waals surface area contributed by atoms with Crippen LogP contribution in [0.25, 0.3) is 11.5 Å². The average Bonchev–Trinajstić information content (AvgIpc) is 3.66. The molecule has 3 aromatic rings. The van der Waals surface area contributed by atoms with Gasteiger partial charge in [-0.2, -0.15) is 8.78 Å². The van der Waals surface area contributed by atoms with Gasteiger partial charge in [-0.1, -0.05) is 6.07 Å². The van der Waals surface area contributed by atoms with Gasteiger partial charge in [0, 0.05) is 5.56 Å². The summed E-state index contributed by atoms with van der Waals surface area (Å²) >= 11 is 0. The van der Waals surface area contributed by atoms with E-state index in [4.69, 9.17) is 13.9 Å². The molecule has 1 aromatic carbocycles. The molecular formula is C29H32F2N4O8. The summed E-state index contributed by atoms with van der Waals surface area (Å²) in [7, 11) is 0. The van der Waals surface area contributed by atoms with Crippen molar-refractivity contribution in [2.24, 2.45) is 5.92 Å².